The highest BCUT2D eigenvalue weighted by Crippen LogP contribution is 2.32. The number of nitrogens with one attached hydrogen (secondary N) is 3. The number of para-hydroxylation sites is 1. The first-order valence-corrected chi connectivity index (χ1v) is 15.9. The van der Waals surface area contributed by atoms with E-state index in [-0.39, 0.29) is 30.3 Å². The highest BCUT2D eigenvalue weighted by atomic mass is 16.2. The maximum absolute atomic E-state index is 13.1. The first-order valence-electron chi connectivity index (χ1n) is 15.9. The van der Waals surface area contributed by atoms with Crippen LogP contribution >= 0.6 is 0 Å². The molecular weight excluding hydrogens is 594 g/mol. The van der Waals surface area contributed by atoms with Gasteiger partial charge in [-0.1, -0.05) is 30.0 Å². The number of imide groups is 1. The largest absolute Gasteiger partial charge is 0.357 e. The van der Waals surface area contributed by atoms with Crippen molar-refractivity contribution < 1.29 is 14.4 Å². The number of benzene rings is 2. The normalized spacial score (nSPS) is 18.3. The van der Waals surface area contributed by atoms with Gasteiger partial charge in [0.2, 0.25) is 11.8 Å². The number of likely N-dealkylation sites (tertiary alicyclic amines) is 1. The number of anilines is 1. The summed E-state index contributed by atoms with van der Waals surface area (Å²) in [7, 11) is 3.81. The molecule has 7 rings (SSSR count). The Morgan fingerprint density at radius 1 is 1.04 bits per heavy atom. The van der Waals surface area contributed by atoms with E-state index in [0.717, 1.165) is 29.4 Å². The van der Waals surface area contributed by atoms with Crippen LogP contribution in [0.1, 0.15) is 71.4 Å². The number of piperidine rings is 1. The minimum Gasteiger partial charge on any atom is -0.357 e. The lowest BCUT2D eigenvalue weighted by molar-refractivity contribution is -0.135. The molecule has 2 aliphatic heterocycles. The Balaban J connectivity index is 0.995. The fourth-order valence-corrected chi connectivity index (χ4v) is 6.74. The Hall–Kier alpha value is -5.47. The Labute approximate surface area is 271 Å². The third kappa shape index (κ3) is 5.84. The van der Waals surface area contributed by atoms with Crippen LogP contribution in [0, 0.1) is 11.8 Å². The van der Waals surface area contributed by atoms with Crippen molar-refractivity contribution in [3.8, 4) is 11.8 Å². The number of rotatable bonds is 6. The molecule has 1 unspecified atom stereocenters. The second kappa shape index (κ2) is 12.4. The van der Waals surface area contributed by atoms with E-state index in [1.165, 1.54) is 21.2 Å². The lowest BCUT2D eigenvalue weighted by Gasteiger charge is -2.21. The van der Waals surface area contributed by atoms with Crippen LogP contribution in [-0.2, 0) is 23.1 Å². The van der Waals surface area contributed by atoms with Crippen molar-refractivity contribution >= 4 is 45.5 Å². The van der Waals surface area contributed by atoms with Crippen LogP contribution in [0.25, 0.3) is 21.9 Å². The lowest BCUT2D eigenvalue weighted by atomic mass is 10.1. The van der Waals surface area contributed by atoms with Crippen LogP contribution in [0.2, 0.25) is 0 Å². The average Bonchev–Trinajstić information content (AvgIpc) is 3.75. The third-order valence-electron chi connectivity index (χ3n) is 9.25. The van der Waals surface area contributed by atoms with Crippen LogP contribution in [0.4, 0.5) is 5.82 Å². The molecule has 0 saturated carbocycles. The number of fused-ring (bicyclic) bond motifs is 2. The van der Waals surface area contributed by atoms with Crippen molar-refractivity contribution in [2.24, 2.45) is 7.05 Å². The second-order valence-corrected chi connectivity index (χ2v) is 12.3. The third-order valence-corrected chi connectivity index (χ3v) is 9.25. The van der Waals surface area contributed by atoms with Crippen LogP contribution < -0.4 is 16.3 Å². The van der Waals surface area contributed by atoms with Gasteiger partial charge >= 0.3 is 5.69 Å². The molecule has 11 heteroatoms. The summed E-state index contributed by atoms with van der Waals surface area (Å²) in [6.07, 6.45) is 5.83. The van der Waals surface area contributed by atoms with E-state index in [4.69, 9.17) is 0 Å². The molecule has 0 spiro atoms. The number of carbonyl (C=O) groups excluding carboxylic acids is 3. The van der Waals surface area contributed by atoms with E-state index in [0.29, 0.717) is 46.9 Å². The van der Waals surface area contributed by atoms with Gasteiger partial charge in [0.1, 0.15) is 11.9 Å². The topological polar surface area (TPSA) is 134 Å². The van der Waals surface area contributed by atoms with Gasteiger partial charge in [0.25, 0.3) is 5.91 Å². The van der Waals surface area contributed by atoms with Crippen molar-refractivity contribution in [3.05, 3.63) is 93.7 Å². The van der Waals surface area contributed by atoms with Gasteiger partial charge in [-0.15, -0.1) is 0 Å². The number of carbonyl (C=O) groups is 3. The number of hydrogen-bond donors (Lipinski definition) is 3. The number of aryl methyl sites for hydroxylation is 2. The molecule has 5 aromatic rings. The van der Waals surface area contributed by atoms with Crippen LogP contribution in [0.3, 0.4) is 0 Å². The second-order valence-electron chi connectivity index (χ2n) is 12.3. The molecule has 2 saturated heterocycles. The molecule has 3 aromatic heterocycles. The van der Waals surface area contributed by atoms with E-state index < -0.39 is 11.9 Å². The van der Waals surface area contributed by atoms with Gasteiger partial charge in [-0.2, -0.15) is 0 Å². The SMILES string of the molecule is CN1CCC[C@@H]1c1cc2cnc(NC(=O)c3ccc(CCC#Cc4cccc5c4n(C)c(=O)n5C4CCC(=O)NC4=O)cc3)cc2[nH]1. The summed E-state index contributed by atoms with van der Waals surface area (Å²) < 4.78 is 2.96. The molecule has 2 aromatic carbocycles. The highest BCUT2D eigenvalue weighted by Gasteiger charge is 2.31. The van der Waals surface area contributed by atoms with Crippen molar-refractivity contribution in [2.75, 3.05) is 18.9 Å². The lowest BCUT2D eigenvalue weighted by Crippen LogP contribution is -2.44. The molecule has 2 fully saturated rings. The average molecular weight is 630 g/mol. The maximum atomic E-state index is 13.1. The summed E-state index contributed by atoms with van der Waals surface area (Å²) in [5.41, 5.74) is 5.33. The fraction of sp³-hybridized carbons (Fsp3) is 0.306. The standard InChI is InChI=1S/C36H35N7O4/c1-41-18-6-11-28(41)27-19-25-21-37-31(20-26(25)38-27)39-34(45)24-14-12-22(13-15-24)7-3-4-8-23-9-5-10-29-33(23)42(2)36(47)43(29)30-16-17-32(44)40-35(30)46/h5,9-10,12-15,19-21,28,30,38H,3,6-7,11,16-18H2,1-2H3,(H,37,39,45)(H,40,44,46)/t28-,30?/m1/s1. The Bertz CT molecular complexity index is 2160. The number of H-pyrrole nitrogens is 1. The number of pyridine rings is 1. The minimum absolute atomic E-state index is 0.186. The first-order chi connectivity index (χ1) is 22.8. The van der Waals surface area contributed by atoms with Gasteiger partial charge in [-0.3, -0.25) is 33.7 Å². The summed E-state index contributed by atoms with van der Waals surface area (Å²) in [4.78, 5) is 60.6. The maximum Gasteiger partial charge on any atom is 0.329 e. The predicted molar refractivity (Wildman–Crippen MR) is 179 cm³/mol. The summed E-state index contributed by atoms with van der Waals surface area (Å²) in [6.45, 7) is 1.09. The van der Waals surface area contributed by atoms with Gasteiger partial charge in [-0.25, -0.2) is 9.78 Å². The van der Waals surface area contributed by atoms with E-state index in [1.807, 2.05) is 30.3 Å². The quantitative estimate of drug-likeness (QED) is 0.191. The van der Waals surface area contributed by atoms with Gasteiger partial charge in [0, 0.05) is 54.8 Å². The Morgan fingerprint density at radius 2 is 1.87 bits per heavy atom. The molecule has 2 aliphatic rings. The summed E-state index contributed by atoms with van der Waals surface area (Å²) >= 11 is 0. The molecule has 5 heterocycles. The van der Waals surface area contributed by atoms with E-state index in [2.05, 4.69) is 50.5 Å². The van der Waals surface area contributed by atoms with Crippen LogP contribution in [0.5, 0.6) is 0 Å². The molecule has 3 N–H and O–H groups in total. The molecule has 238 valence electrons. The fourth-order valence-electron chi connectivity index (χ4n) is 6.74. The van der Waals surface area contributed by atoms with Crippen molar-refractivity contribution in [1.82, 2.24) is 29.3 Å². The minimum atomic E-state index is -0.742. The predicted octanol–water partition coefficient (Wildman–Crippen LogP) is 4.20. The number of aromatic amines is 1. The Morgan fingerprint density at radius 3 is 2.64 bits per heavy atom. The van der Waals surface area contributed by atoms with Gasteiger partial charge in [0.15, 0.2) is 0 Å². The van der Waals surface area contributed by atoms with Crippen LogP contribution in [0.15, 0.2) is 65.6 Å². The zero-order valence-electron chi connectivity index (χ0n) is 26.3. The zero-order valence-corrected chi connectivity index (χ0v) is 26.3. The van der Waals surface area contributed by atoms with Crippen molar-refractivity contribution in [1.29, 1.82) is 0 Å². The molecular formula is C36H35N7O4. The first kappa shape index (κ1) is 30.2. The molecule has 47 heavy (non-hydrogen) atoms. The molecule has 2 atom stereocenters. The molecule has 0 aliphatic carbocycles. The molecule has 0 bridgehead atoms. The highest BCUT2D eigenvalue weighted by molar-refractivity contribution is 6.04. The van der Waals surface area contributed by atoms with E-state index >= 15 is 0 Å². The van der Waals surface area contributed by atoms with Gasteiger partial charge in [-0.05, 0) is 75.2 Å². The van der Waals surface area contributed by atoms with E-state index in [1.54, 1.807) is 31.4 Å². The number of hydrogen-bond acceptors (Lipinski definition) is 6. The van der Waals surface area contributed by atoms with Crippen molar-refractivity contribution in [2.45, 2.75) is 50.6 Å². The summed E-state index contributed by atoms with van der Waals surface area (Å²) in [6, 6.07) is 16.6. The van der Waals surface area contributed by atoms with Gasteiger partial charge < -0.3 is 10.3 Å². The monoisotopic (exact) mass is 629 g/mol. The van der Waals surface area contributed by atoms with Gasteiger partial charge in [0.05, 0.1) is 22.1 Å². The molecule has 0 radical (unpaired) electrons. The number of aromatic nitrogens is 4. The number of imidazole rings is 1. The Kier molecular flexibility index (Phi) is 7.95. The molecule has 11 nitrogen and oxygen atoms in total. The smallest absolute Gasteiger partial charge is 0.329 e. The summed E-state index contributed by atoms with van der Waals surface area (Å²) in [5, 5.41) is 6.27. The van der Waals surface area contributed by atoms with Crippen molar-refractivity contribution in [3.63, 3.8) is 0 Å². The van der Waals surface area contributed by atoms with Crippen LogP contribution in [-0.4, -0.2) is 55.3 Å². The zero-order chi connectivity index (χ0) is 32.7. The summed E-state index contributed by atoms with van der Waals surface area (Å²) in [5.74, 6) is 5.88. The molecule has 3 amide bonds. The number of amides is 3. The van der Waals surface area contributed by atoms with E-state index in [9.17, 15) is 19.2 Å². The number of nitrogens with zero attached hydrogens (tertiary/aromatic N) is 4.